The van der Waals surface area contributed by atoms with Crippen molar-refractivity contribution in [1.82, 2.24) is 14.5 Å². The topological polar surface area (TPSA) is 33.2 Å². The zero-order valence-electron chi connectivity index (χ0n) is 12.2. The molecule has 1 saturated heterocycles. The van der Waals surface area contributed by atoms with Crippen LogP contribution in [0.5, 0.6) is 5.75 Å². The van der Waals surface area contributed by atoms with Gasteiger partial charge < -0.3 is 19.2 Å². The summed E-state index contributed by atoms with van der Waals surface area (Å²) >= 11 is 5.53. The fourth-order valence-electron chi connectivity index (χ4n) is 2.96. The Hall–Kier alpha value is -1.33. The number of likely N-dealkylation sites (tertiary alicyclic amines) is 1. The van der Waals surface area contributed by atoms with Gasteiger partial charge in [0, 0.05) is 6.54 Å². The second kappa shape index (κ2) is 5.22. The van der Waals surface area contributed by atoms with E-state index in [9.17, 15) is 0 Å². The van der Waals surface area contributed by atoms with Crippen molar-refractivity contribution in [2.24, 2.45) is 0 Å². The third kappa shape index (κ3) is 2.36. The molecule has 0 amide bonds. The number of H-pyrrole nitrogens is 1. The van der Waals surface area contributed by atoms with Crippen LogP contribution in [0.3, 0.4) is 0 Å². The third-order valence-corrected chi connectivity index (χ3v) is 4.11. The second-order valence-electron chi connectivity index (χ2n) is 5.82. The molecule has 1 aliphatic heterocycles. The van der Waals surface area contributed by atoms with E-state index in [1.807, 2.05) is 26.0 Å². The van der Waals surface area contributed by atoms with Gasteiger partial charge in [0.25, 0.3) is 0 Å². The van der Waals surface area contributed by atoms with Crippen LogP contribution in [0.15, 0.2) is 18.2 Å². The minimum absolute atomic E-state index is 0.156. The minimum atomic E-state index is 0.156. The van der Waals surface area contributed by atoms with Gasteiger partial charge in [-0.1, -0.05) is 6.07 Å². The Morgan fingerprint density at radius 2 is 2.20 bits per heavy atom. The molecular formula is C15H21N3OS. The molecule has 1 atom stereocenters. The molecule has 2 heterocycles. The van der Waals surface area contributed by atoms with Crippen LogP contribution in [0, 0.1) is 4.77 Å². The summed E-state index contributed by atoms with van der Waals surface area (Å²) in [4.78, 5) is 5.67. The van der Waals surface area contributed by atoms with Gasteiger partial charge in [-0.05, 0) is 58.2 Å². The highest BCUT2D eigenvalue weighted by molar-refractivity contribution is 7.71. The van der Waals surface area contributed by atoms with Gasteiger partial charge in [-0.2, -0.15) is 0 Å². The lowest BCUT2D eigenvalue weighted by molar-refractivity contribution is 0.245. The van der Waals surface area contributed by atoms with Gasteiger partial charge in [0.1, 0.15) is 11.3 Å². The van der Waals surface area contributed by atoms with Gasteiger partial charge in [-0.3, -0.25) is 0 Å². The van der Waals surface area contributed by atoms with E-state index in [-0.39, 0.29) is 6.10 Å². The summed E-state index contributed by atoms with van der Waals surface area (Å²) in [5, 5.41) is 0. The molecule has 108 valence electrons. The summed E-state index contributed by atoms with van der Waals surface area (Å²) in [5.74, 6) is 0.883. The van der Waals surface area contributed by atoms with Crippen molar-refractivity contribution >= 4 is 23.3 Å². The first-order chi connectivity index (χ1) is 9.56. The quantitative estimate of drug-likeness (QED) is 0.880. The molecule has 5 heteroatoms. The van der Waals surface area contributed by atoms with Crippen LogP contribution in [0.25, 0.3) is 11.0 Å². The Kier molecular flexibility index (Phi) is 3.56. The number of likely N-dealkylation sites (N-methyl/N-ethyl adjacent to an activating group) is 1. The molecule has 4 nitrogen and oxygen atoms in total. The van der Waals surface area contributed by atoms with Gasteiger partial charge in [0.2, 0.25) is 0 Å². The number of imidazole rings is 1. The Bertz CT molecular complexity index is 673. The number of aromatic amines is 1. The molecule has 1 fully saturated rings. The molecule has 1 N–H and O–H groups in total. The van der Waals surface area contributed by atoms with E-state index >= 15 is 0 Å². The van der Waals surface area contributed by atoms with Gasteiger partial charge >= 0.3 is 0 Å². The highest BCUT2D eigenvalue weighted by atomic mass is 32.1. The first kappa shape index (κ1) is 13.6. The number of para-hydroxylation sites is 1. The third-order valence-electron chi connectivity index (χ3n) is 3.81. The highest BCUT2D eigenvalue weighted by Crippen LogP contribution is 2.30. The number of hydrogen-bond acceptors (Lipinski definition) is 3. The van der Waals surface area contributed by atoms with Gasteiger partial charge in [0.05, 0.1) is 17.7 Å². The fraction of sp³-hybridized carbons (Fsp3) is 0.533. The minimum Gasteiger partial charge on any atom is -0.489 e. The molecule has 0 spiro atoms. The van der Waals surface area contributed by atoms with Crippen LogP contribution in [0.1, 0.15) is 26.3 Å². The maximum Gasteiger partial charge on any atom is 0.178 e. The molecule has 2 aromatic rings. The monoisotopic (exact) mass is 291 g/mol. The normalized spacial score (nSPS) is 20.1. The number of hydrogen-bond donors (Lipinski definition) is 1. The molecule has 1 aliphatic rings. The number of nitrogens with zero attached hydrogens (tertiary/aromatic N) is 2. The number of ether oxygens (including phenoxy) is 1. The van der Waals surface area contributed by atoms with Crippen LogP contribution in [0.4, 0.5) is 0 Å². The highest BCUT2D eigenvalue weighted by Gasteiger charge is 2.24. The van der Waals surface area contributed by atoms with E-state index in [4.69, 9.17) is 17.0 Å². The van der Waals surface area contributed by atoms with E-state index in [0.29, 0.717) is 6.04 Å². The van der Waals surface area contributed by atoms with Crippen molar-refractivity contribution in [1.29, 1.82) is 0 Å². The summed E-state index contributed by atoms with van der Waals surface area (Å²) < 4.78 is 8.92. The molecule has 0 radical (unpaired) electrons. The fourth-order valence-corrected chi connectivity index (χ4v) is 3.31. The van der Waals surface area contributed by atoms with Crippen molar-refractivity contribution < 1.29 is 4.74 Å². The average molecular weight is 291 g/mol. The van der Waals surface area contributed by atoms with Gasteiger partial charge in [0.15, 0.2) is 4.77 Å². The summed E-state index contributed by atoms with van der Waals surface area (Å²) in [6.45, 7) is 6.25. The maximum absolute atomic E-state index is 5.88. The summed E-state index contributed by atoms with van der Waals surface area (Å²) in [6, 6.07) is 6.61. The predicted molar refractivity (Wildman–Crippen MR) is 84.0 cm³/mol. The first-order valence-electron chi connectivity index (χ1n) is 7.14. The van der Waals surface area contributed by atoms with E-state index in [1.165, 1.54) is 0 Å². The lowest BCUT2D eigenvalue weighted by atomic mass is 10.2. The molecule has 20 heavy (non-hydrogen) atoms. The standard InChI is InChI=1S/C15H21N3OS/c1-10(2)19-13-6-4-5-12-14(13)16-15(20)18(12)11-7-8-17(3)9-11/h4-6,10-11H,7-9H2,1-3H3,(H,16,20). The molecule has 1 aromatic heterocycles. The molecule has 0 bridgehead atoms. The van der Waals surface area contributed by atoms with E-state index in [0.717, 1.165) is 41.1 Å². The van der Waals surface area contributed by atoms with Crippen molar-refractivity contribution in [2.75, 3.05) is 20.1 Å². The van der Waals surface area contributed by atoms with Crippen molar-refractivity contribution in [2.45, 2.75) is 32.4 Å². The van der Waals surface area contributed by atoms with Gasteiger partial charge in [-0.15, -0.1) is 0 Å². The Balaban J connectivity index is 2.10. The Morgan fingerprint density at radius 3 is 2.85 bits per heavy atom. The lowest BCUT2D eigenvalue weighted by Crippen LogP contribution is -2.16. The summed E-state index contributed by atoms with van der Waals surface area (Å²) in [6.07, 6.45) is 1.30. The van der Waals surface area contributed by atoms with Crippen LogP contribution in [-0.4, -0.2) is 40.7 Å². The molecule has 1 aromatic carbocycles. The summed E-state index contributed by atoms with van der Waals surface area (Å²) in [7, 11) is 2.16. The number of fused-ring (bicyclic) bond motifs is 1. The van der Waals surface area contributed by atoms with E-state index in [1.54, 1.807) is 0 Å². The number of aromatic nitrogens is 2. The summed E-state index contributed by atoms with van der Waals surface area (Å²) in [5.41, 5.74) is 2.16. The molecule has 3 rings (SSSR count). The van der Waals surface area contributed by atoms with Crippen LogP contribution in [0.2, 0.25) is 0 Å². The average Bonchev–Trinajstić information content (AvgIpc) is 2.92. The van der Waals surface area contributed by atoms with E-state index in [2.05, 4.69) is 27.6 Å². The smallest absolute Gasteiger partial charge is 0.178 e. The predicted octanol–water partition coefficient (Wildman–Crippen LogP) is 3.36. The van der Waals surface area contributed by atoms with Crippen molar-refractivity contribution in [3.63, 3.8) is 0 Å². The first-order valence-corrected chi connectivity index (χ1v) is 7.55. The van der Waals surface area contributed by atoms with Crippen LogP contribution in [-0.2, 0) is 0 Å². The van der Waals surface area contributed by atoms with E-state index < -0.39 is 0 Å². The molecule has 1 unspecified atom stereocenters. The lowest BCUT2D eigenvalue weighted by Gasteiger charge is -2.14. The Labute approximate surface area is 124 Å². The second-order valence-corrected chi connectivity index (χ2v) is 6.21. The number of rotatable bonds is 3. The zero-order chi connectivity index (χ0) is 14.3. The largest absolute Gasteiger partial charge is 0.489 e. The van der Waals surface area contributed by atoms with Crippen LogP contribution < -0.4 is 4.74 Å². The maximum atomic E-state index is 5.88. The molecule has 0 saturated carbocycles. The molecule has 0 aliphatic carbocycles. The zero-order valence-corrected chi connectivity index (χ0v) is 13.0. The number of benzene rings is 1. The molecular weight excluding hydrogens is 270 g/mol. The van der Waals surface area contributed by atoms with Gasteiger partial charge in [-0.25, -0.2) is 0 Å². The van der Waals surface area contributed by atoms with Crippen molar-refractivity contribution in [3.05, 3.63) is 23.0 Å². The Morgan fingerprint density at radius 1 is 1.40 bits per heavy atom. The van der Waals surface area contributed by atoms with Crippen LogP contribution >= 0.6 is 12.2 Å². The van der Waals surface area contributed by atoms with Crippen molar-refractivity contribution in [3.8, 4) is 5.75 Å². The SMILES string of the molecule is CC(C)Oc1cccc2c1[nH]c(=S)n2C1CCN(C)C1. The number of nitrogens with one attached hydrogen (secondary N) is 1.